The highest BCUT2D eigenvalue weighted by atomic mass is 32.1. The summed E-state index contributed by atoms with van der Waals surface area (Å²) in [6.07, 6.45) is 5.09. The Hall–Kier alpha value is -2.47. The van der Waals surface area contributed by atoms with Gasteiger partial charge in [0.05, 0.1) is 0 Å². The zero-order valence-corrected chi connectivity index (χ0v) is 14.2. The van der Waals surface area contributed by atoms with Crippen molar-refractivity contribution in [2.45, 2.75) is 25.9 Å². The second kappa shape index (κ2) is 7.88. The molecule has 0 unspecified atom stereocenters. The molecule has 0 atom stereocenters. The average Bonchev–Trinajstić information content (AvgIpc) is 3.00. The molecule has 1 aromatic carbocycles. The quantitative estimate of drug-likeness (QED) is 0.820. The number of carbonyl (C=O) groups is 1. The van der Waals surface area contributed by atoms with Crippen molar-refractivity contribution in [3.05, 3.63) is 59.9 Å². The van der Waals surface area contributed by atoms with Crippen molar-refractivity contribution < 1.29 is 4.79 Å². The number of anilines is 1. The molecule has 2 N–H and O–H groups in total. The highest BCUT2D eigenvalue weighted by Crippen LogP contribution is 2.14. The lowest BCUT2D eigenvalue weighted by molar-refractivity contribution is -0.128. The van der Waals surface area contributed by atoms with E-state index in [2.05, 4.69) is 39.9 Å². The van der Waals surface area contributed by atoms with Crippen LogP contribution in [0, 0.1) is 0 Å². The Kier molecular flexibility index (Phi) is 5.38. The summed E-state index contributed by atoms with van der Waals surface area (Å²) in [7, 11) is 0. The van der Waals surface area contributed by atoms with Gasteiger partial charge in [0.1, 0.15) is 0 Å². The Morgan fingerprint density at radius 3 is 2.50 bits per heavy atom. The molecule has 0 saturated carbocycles. The van der Waals surface area contributed by atoms with Crippen molar-refractivity contribution >= 4 is 28.9 Å². The lowest BCUT2D eigenvalue weighted by atomic mass is 10.1. The van der Waals surface area contributed by atoms with Gasteiger partial charge in [-0.25, -0.2) is 0 Å². The van der Waals surface area contributed by atoms with Crippen molar-refractivity contribution in [2.24, 2.45) is 0 Å². The minimum atomic E-state index is 0.258. The SMILES string of the molecule is O=C1CCCN1Cc1ccc(CNC(=S)Nc2ccncc2)cc1. The molecule has 6 heteroatoms. The zero-order valence-electron chi connectivity index (χ0n) is 13.4. The summed E-state index contributed by atoms with van der Waals surface area (Å²) in [6.45, 7) is 2.23. The van der Waals surface area contributed by atoms with Crippen LogP contribution in [0.2, 0.25) is 0 Å². The van der Waals surface area contributed by atoms with Gasteiger partial charge in [0.25, 0.3) is 0 Å². The number of hydrogen-bond donors (Lipinski definition) is 2. The van der Waals surface area contributed by atoms with Crippen LogP contribution < -0.4 is 10.6 Å². The third-order valence-electron chi connectivity index (χ3n) is 3.96. The zero-order chi connectivity index (χ0) is 16.8. The maximum Gasteiger partial charge on any atom is 0.222 e. The summed E-state index contributed by atoms with van der Waals surface area (Å²) in [4.78, 5) is 17.5. The largest absolute Gasteiger partial charge is 0.358 e. The van der Waals surface area contributed by atoms with Gasteiger partial charge in [-0.3, -0.25) is 9.78 Å². The second-order valence-corrected chi connectivity index (χ2v) is 6.19. The number of aromatic nitrogens is 1. The van der Waals surface area contributed by atoms with E-state index in [9.17, 15) is 4.79 Å². The van der Waals surface area contributed by atoms with Crippen LogP contribution in [-0.2, 0) is 17.9 Å². The fraction of sp³-hybridized carbons (Fsp3) is 0.278. The molecular formula is C18H20N4OS. The van der Waals surface area contributed by atoms with Crippen LogP contribution in [0.4, 0.5) is 5.69 Å². The lowest BCUT2D eigenvalue weighted by Crippen LogP contribution is -2.27. The topological polar surface area (TPSA) is 57.3 Å². The molecule has 1 aliphatic rings. The van der Waals surface area contributed by atoms with E-state index in [1.165, 1.54) is 0 Å². The summed E-state index contributed by atoms with van der Waals surface area (Å²) in [6, 6.07) is 12.0. The molecule has 3 rings (SSSR count). The van der Waals surface area contributed by atoms with E-state index in [0.717, 1.165) is 29.8 Å². The standard InChI is InChI=1S/C18H20N4OS/c23-17-2-1-11-22(17)13-15-5-3-14(4-6-15)12-20-18(24)21-16-7-9-19-10-8-16/h3-10H,1-2,11-13H2,(H2,19,20,21,24). The highest BCUT2D eigenvalue weighted by Gasteiger charge is 2.19. The smallest absolute Gasteiger partial charge is 0.222 e. The van der Waals surface area contributed by atoms with Crippen LogP contribution in [0.25, 0.3) is 0 Å². The monoisotopic (exact) mass is 340 g/mol. The summed E-state index contributed by atoms with van der Waals surface area (Å²) in [5, 5.41) is 6.87. The van der Waals surface area contributed by atoms with Gasteiger partial charge in [-0.1, -0.05) is 24.3 Å². The summed E-state index contributed by atoms with van der Waals surface area (Å²) in [5.41, 5.74) is 3.21. The maximum absolute atomic E-state index is 11.7. The van der Waals surface area contributed by atoms with E-state index < -0.39 is 0 Å². The van der Waals surface area contributed by atoms with Crippen LogP contribution in [0.1, 0.15) is 24.0 Å². The summed E-state index contributed by atoms with van der Waals surface area (Å²) in [5.74, 6) is 0.258. The molecule has 2 heterocycles. The molecule has 0 bridgehead atoms. The Morgan fingerprint density at radius 1 is 1.12 bits per heavy atom. The van der Waals surface area contributed by atoms with Crippen molar-refractivity contribution in [3.63, 3.8) is 0 Å². The fourth-order valence-electron chi connectivity index (χ4n) is 2.65. The molecule has 2 aromatic rings. The number of thiocarbonyl (C=S) groups is 1. The molecule has 0 radical (unpaired) electrons. The number of hydrogen-bond acceptors (Lipinski definition) is 3. The molecule has 1 aliphatic heterocycles. The fourth-order valence-corrected chi connectivity index (χ4v) is 2.84. The molecule has 1 saturated heterocycles. The summed E-state index contributed by atoms with van der Waals surface area (Å²) >= 11 is 5.28. The van der Waals surface area contributed by atoms with Crippen LogP contribution in [0.15, 0.2) is 48.8 Å². The van der Waals surface area contributed by atoms with E-state index in [-0.39, 0.29) is 5.91 Å². The van der Waals surface area contributed by atoms with Crippen LogP contribution >= 0.6 is 12.2 Å². The minimum absolute atomic E-state index is 0.258. The Labute approximate surface area is 147 Å². The predicted molar refractivity (Wildman–Crippen MR) is 98.4 cm³/mol. The van der Waals surface area contributed by atoms with Crippen molar-refractivity contribution in [1.29, 1.82) is 0 Å². The van der Waals surface area contributed by atoms with Crippen molar-refractivity contribution in [2.75, 3.05) is 11.9 Å². The first kappa shape index (κ1) is 16.4. The molecule has 24 heavy (non-hydrogen) atoms. The van der Waals surface area contributed by atoms with Crippen LogP contribution in [0.3, 0.4) is 0 Å². The Bertz CT molecular complexity index is 703. The van der Waals surface area contributed by atoms with Gasteiger partial charge in [0.2, 0.25) is 5.91 Å². The molecular weight excluding hydrogens is 320 g/mol. The maximum atomic E-state index is 11.7. The van der Waals surface area contributed by atoms with Gasteiger partial charge in [-0.2, -0.15) is 0 Å². The highest BCUT2D eigenvalue weighted by molar-refractivity contribution is 7.80. The lowest BCUT2D eigenvalue weighted by Gasteiger charge is -2.16. The Morgan fingerprint density at radius 2 is 1.83 bits per heavy atom. The van der Waals surface area contributed by atoms with Crippen molar-refractivity contribution in [1.82, 2.24) is 15.2 Å². The first-order chi connectivity index (χ1) is 11.7. The number of nitrogens with zero attached hydrogens (tertiary/aromatic N) is 2. The molecule has 0 spiro atoms. The minimum Gasteiger partial charge on any atom is -0.358 e. The predicted octanol–water partition coefficient (Wildman–Crippen LogP) is 2.69. The number of likely N-dealkylation sites (tertiary alicyclic amines) is 1. The second-order valence-electron chi connectivity index (χ2n) is 5.78. The van der Waals surface area contributed by atoms with Gasteiger partial charge in [-0.05, 0) is 41.9 Å². The van der Waals surface area contributed by atoms with E-state index in [1.807, 2.05) is 17.0 Å². The van der Waals surface area contributed by atoms with Gasteiger partial charge >= 0.3 is 0 Å². The molecule has 5 nitrogen and oxygen atoms in total. The Balaban J connectivity index is 1.47. The first-order valence-electron chi connectivity index (χ1n) is 8.01. The first-order valence-corrected chi connectivity index (χ1v) is 8.42. The number of benzene rings is 1. The van der Waals surface area contributed by atoms with Gasteiger partial charge in [0.15, 0.2) is 5.11 Å². The normalized spacial score (nSPS) is 13.8. The average molecular weight is 340 g/mol. The number of amides is 1. The number of carbonyl (C=O) groups excluding carboxylic acids is 1. The molecule has 124 valence electrons. The third kappa shape index (κ3) is 4.52. The molecule has 1 fully saturated rings. The number of pyridine rings is 1. The molecule has 1 aromatic heterocycles. The van der Waals surface area contributed by atoms with E-state index in [0.29, 0.717) is 24.6 Å². The van der Waals surface area contributed by atoms with Crippen LogP contribution in [0.5, 0.6) is 0 Å². The van der Waals surface area contributed by atoms with E-state index >= 15 is 0 Å². The van der Waals surface area contributed by atoms with Gasteiger partial charge < -0.3 is 15.5 Å². The third-order valence-corrected chi connectivity index (χ3v) is 4.21. The van der Waals surface area contributed by atoms with Crippen LogP contribution in [-0.4, -0.2) is 27.4 Å². The van der Waals surface area contributed by atoms with Gasteiger partial charge in [0, 0.05) is 44.1 Å². The number of rotatable bonds is 5. The molecule has 1 amide bonds. The summed E-state index contributed by atoms with van der Waals surface area (Å²) < 4.78 is 0. The van der Waals surface area contributed by atoms with E-state index in [1.54, 1.807) is 12.4 Å². The van der Waals surface area contributed by atoms with Crippen molar-refractivity contribution in [3.8, 4) is 0 Å². The van der Waals surface area contributed by atoms with E-state index in [4.69, 9.17) is 12.2 Å². The van der Waals surface area contributed by atoms with Gasteiger partial charge in [-0.15, -0.1) is 0 Å². The molecule has 0 aliphatic carbocycles. The number of nitrogens with one attached hydrogen (secondary N) is 2.